The molecule has 0 aliphatic heterocycles. The summed E-state index contributed by atoms with van der Waals surface area (Å²) in [5.41, 5.74) is 0.729. The van der Waals surface area contributed by atoms with Crippen LogP contribution in [0.1, 0.15) is 27.7 Å². The fourth-order valence-corrected chi connectivity index (χ4v) is 2.70. The molecule has 1 N–H and O–H groups in total. The van der Waals surface area contributed by atoms with E-state index in [0.717, 1.165) is 17.7 Å². The van der Waals surface area contributed by atoms with Crippen molar-refractivity contribution in [3.8, 4) is 0 Å². The smallest absolute Gasteiger partial charge is 0.261 e. The summed E-state index contributed by atoms with van der Waals surface area (Å²) in [5, 5.41) is 2.55. The highest BCUT2D eigenvalue weighted by molar-refractivity contribution is 9.10. The van der Waals surface area contributed by atoms with Gasteiger partial charge in [0.05, 0.1) is 0 Å². The van der Waals surface area contributed by atoms with Crippen LogP contribution in [0.25, 0.3) is 0 Å². The van der Waals surface area contributed by atoms with Gasteiger partial charge in [0.25, 0.3) is 5.91 Å². The Labute approximate surface area is 137 Å². The predicted molar refractivity (Wildman–Crippen MR) is 85.8 cm³/mol. The van der Waals surface area contributed by atoms with E-state index in [0.29, 0.717) is 5.69 Å². The molecule has 0 radical (unpaired) electrons. The Morgan fingerprint density at radius 1 is 1.19 bits per heavy atom. The second kappa shape index (κ2) is 6.66. The van der Waals surface area contributed by atoms with Gasteiger partial charge in [-0.15, -0.1) is 0 Å². The van der Waals surface area contributed by atoms with E-state index >= 15 is 0 Å². The van der Waals surface area contributed by atoms with Crippen molar-refractivity contribution in [3.05, 3.63) is 63.6 Å². The lowest BCUT2D eigenvalue weighted by Gasteiger charge is -2.13. The van der Waals surface area contributed by atoms with Crippen molar-refractivity contribution in [2.24, 2.45) is 0 Å². The van der Waals surface area contributed by atoms with E-state index in [1.54, 1.807) is 12.1 Å². The Morgan fingerprint density at radius 3 is 2.33 bits per heavy atom. The number of alkyl halides is 1. The minimum absolute atomic E-state index is 0.00592. The van der Waals surface area contributed by atoms with Crippen LogP contribution in [-0.2, 0) is 0 Å². The number of benzene rings is 2. The third-order valence-electron chi connectivity index (χ3n) is 2.87. The summed E-state index contributed by atoms with van der Waals surface area (Å²) in [6.07, 6.45) is 0. The second-order valence-corrected chi connectivity index (χ2v) is 6.69. The van der Waals surface area contributed by atoms with E-state index in [-0.39, 0.29) is 9.30 Å². The molecule has 0 bridgehead atoms. The minimum atomic E-state index is -0.913. The van der Waals surface area contributed by atoms with Gasteiger partial charge in [-0.05, 0) is 30.7 Å². The van der Waals surface area contributed by atoms with Crippen LogP contribution >= 0.6 is 31.9 Å². The second-order valence-electron chi connectivity index (χ2n) is 4.40. The van der Waals surface area contributed by atoms with Crippen molar-refractivity contribution in [2.75, 3.05) is 5.32 Å². The molecule has 2 nitrogen and oxygen atoms in total. The molecule has 1 amide bonds. The first-order valence-electron chi connectivity index (χ1n) is 6.09. The lowest BCUT2D eigenvalue weighted by Crippen LogP contribution is -2.17. The van der Waals surface area contributed by atoms with Crippen molar-refractivity contribution in [2.45, 2.75) is 11.8 Å². The molecule has 2 rings (SSSR count). The Bertz CT molecular complexity index is 666. The summed E-state index contributed by atoms with van der Waals surface area (Å²) in [4.78, 5) is 12.1. The van der Waals surface area contributed by atoms with Crippen molar-refractivity contribution in [1.82, 2.24) is 0 Å². The molecule has 6 heteroatoms. The van der Waals surface area contributed by atoms with E-state index in [4.69, 9.17) is 0 Å². The van der Waals surface area contributed by atoms with Gasteiger partial charge < -0.3 is 5.32 Å². The van der Waals surface area contributed by atoms with Gasteiger partial charge >= 0.3 is 0 Å². The number of carbonyl (C=O) groups excluding carboxylic acids is 1. The van der Waals surface area contributed by atoms with Crippen LogP contribution in [-0.4, -0.2) is 5.91 Å². The summed E-state index contributed by atoms with van der Waals surface area (Å²) < 4.78 is 27.8. The van der Waals surface area contributed by atoms with E-state index in [9.17, 15) is 13.6 Å². The third-order valence-corrected chi connectivity index (χ3v) is 3.82. The van der Waals surface area contributed by atoms with Gasteiger partial charge in [0.2, 0.25) is 0 Å². The molecular formula is C15H11Br2F2NO. The number of rotatable bonds is 3. The molecular weight excluding hydrogens is 408 g/mol. The van der Waals surface area contributed by atoms with Crippen LogP contribution < -0.4 is 5.32 Å². The Kier molecular flexibility index (Phi) is 5.11. The molecule has 0 aliphatic carbocycles. The highest BCUT2D eigenvalue weighted by atomic mass is 79.9. The third kappa shape index (κ3) is 3.68. The monoisotopic (exact) mass is 417 g/mol. The minimum Gasteiger partial charge on any atom is -0.322 e. The molecule has 0 heterocycles. The SMILES string of the molecule is CC(Br)c1ccccc1NC(=O)c1c(F)cc(Br)cc1F. The van der Waals surface area contributed by atoms with Gasteiger partial charge in [0.1, 0.15) is 17.2 Å². The first-order valence-corrected chi connectivity index (χ1v) is 7.80. The average Bonchev–Trinajstić information content (AvgIpc) is 2.37. The lowest BCUT2D eigenvalue weighted by molar-refractivity contribution is 0.101. The Morgan fingerprint density at radius 2 is 1.76 bits per heavy atom. The molecule has 110 valence electrons. The quantitative estimate of drug-likeness (QED) is 0.661. The highest BCUT2D eigenvalue weighted by Crippen LogP contribution is 2.29. The van der Waals surface area contributed by atoms with Crippen molar-refractivity contribution >= 4 is 43.5 Å². The number of para-hydroxylation sites is 1. The number of anilines is 1. The highest BCUT2D eigenvalue weighted by Gasteiger charge is 2.19. The van der Waals surface area contributed by atoms with Crippen molar-refractivity contribution in [1.29, 1.82) is 0 Å². The van der Waals surface area contributed by atoms with Crippen LogP contribution in [0.4, 0.5) is 14.5 Å². The van der Waals surface area contributed by atoms with Crippen LogP contribution in [0.15, 0.2) is 40.9 Å². The maximum atomic E-state index is 13.8. The number of halogens is 4. The zero-order valence-corrected chi connectivity index (χ0v) is 14.1. The summed E-state index contributed by atoms with van der Waals surface area (Å²) in [6, 6.07) is 9.17. The van der Waals surface area contributed by atoms with Crippen LogP contribution in [0.2, 0.25) is 0 Å². The van der Waals surface area contributed by atoms with E-state index in [1.165, 1.54) is 0 Å². The van der Waals surface area contributed by atoms with E-state index < -0.39 is 23.1 Å². The zero-order chi connectivity index (χ0) is 15.6. The van der Waals surface area contributed by atoms with E-state index in [1.807, 2.05) is 19.1 Å². The molecule has 0 aliphatic rings. The fraction of sp³-hybridized carbons (Fsp3) is 0.133. The lowest BCUT2D eigenvalue weighted by atomic mass is 10.1. The van der Waals surface area contributed by atoms with Gasteiger partial charge in [-0.25, -0.2) is 8.78 Å². The molecule has 2 aromatic carbocycles. The predicted octanol–water partition coefficient (Wildman–Crippen LogP) is 5.44. The molecule has 2 aromatic rings. The van der Waals surface area contributed by atoms with Gasteiger partial charge in [-0.2, -0.15) is 0 Å². The molecule has 1 atom stereocenters. The summed E-state index contributed by atoms with van der Waals surface area (Å²) >= 11 is 6.39. The van der Waals surface area contributed by atoms with Gasteiger partial charge in [0.15, 0.2) is 0 Å². The molecule has 0 saturated heterocycles. The molecule has 21 heavy (non-hydrogen) atoms. The maximum Gasteiger partial charge on any atom is 0.261 e. The summed E-state index contributed by atoms with van der Waals surface area (Å²) in [6.45, 7) is 1.89. The summed E-state index contributed by atoms with van der Waals surface area (Å²) in [5.74, 6) is -2.65. The van der Waals surface area contributed by atoms with Crippen LogP contribution in [0.5, 0.6) is 0 Å². The van der Waals surface area contributed by atoms with Crippen LogP contribution in [0.3, 0.4) is 0 Å². The molecule has 0 saturated carbocycles. The molecule has 0 spiro atoms. The number of hydrogen-bond donors (Lipinski definition) is 1. The first-order chi connectivity index (χ1) is 9.90. The van der Waals surface area contributed by atoms with Crippen LogP contribution in [0, 0.1) is 11.6 Å². The van der Waals surface area contributed by atoms with Crippen molar-refractivity contribution in [3.63, 3.8) is 0 Å². The fourth-order valence-electron chi connectivity index (χ4n) is 1.90. The van der Waals surface area contributed by atoms with E-state index in [2.05, 4.69) is 37.2 Å². The van der Waals surface area contributed by atoms with Gasteiger partial charge in [0, 0.05) is 15.0 Å². The van der Waals surface area contributed by atoms with Gasteiger partial charge in [-0.3, -0.25) is 4.79 Å². The molecule has 0 aromatic heterocycles. The Balaban J connectivity index is 2.36. The number of nitrogens with one attached hydrogen (secondary N) is 1. The first kappa shape index (κ1) is 16.1. The topological polar surface area (TPSA) is 29.1 Å². The number of hydrogen-bond acceptors (Lipinski definition) is 1. The summed E-state index contributed by atoms with van der Waals surface area (Å²) in [7, 11) is 0. The Hall–Kier alpha value is -1.27. The largest absolute Gasteiger partial charge is 0.322 e. The molecule has 1 unspecified atom stereocenters. The average molecular weight is 419 g/mol. The zero-order valence-electron chi connectivity index (χ0n) is 11.0. The maximum absolute atomic E-state index is 13.8. The van der Waals surface area contributed by atoms with Crippen molar-refractivity contribution < 1.29 is 13.6 Å². The van der Waals surface area contributed by atoms with Gasteiger partial charge in [-0.1, -0.05) is 50.1 Å². The number of amides is 1. The molecule has 0 fully saturated rings. The standard InChI is InChI=1S/C15H11Br2F2NO/c1-8(16)10-4-2-3-5-13(10)20-15(21)14-11(18)6-9(17)7-12(14)19/h2-8H,1H3,(H,20,21). The normalized spacial score (nSPS) is 12.0. The number of carbonyl (C=O) groups is 1.